The van der Waals surface area contributed by atoms with E-state index in [2.05, 4.69) is 4.98 Å². The molecule has 122 valence electrons. The highest BCUT2D eigenvalue weighted by molar-refractivity contribution is 5.98. The molecule has 1 aliphatic heterocycles. The molecule has 2 aliphatic rings. The fourth-order valence-corrected chi connectivity index (χ4v) is 3.81. The van der Waals surface area contributed by atoms with Crippen molar-refractivity contribution in [2.45, 2.75) is 38.3 Å². The number of amides is 1. The van der Waals surface area contributed by atoms with E-state index in [1.165, 1.54) is 0 Å². The van der Waals surface area contributed by atoms with Crippen molar-refractivity contribution in [1.82, 2.24) is 9.88 Å². The van der Waals surface area contributed by atoms with Gasteiger partial charge >= 0.3 is 0 Å². The molecule has 0 unspecified atom stereocenters. The van der Waals surface area contributed by atoms with Crippen LogP contribution >= 0.6 is 0 Å². The Balaban J connectivity index is 1.61. The van der Waals surface area contributed by atoms with Crippen molar-refractivity contribution >= 4 is 16.8 Å². The van der Waals surface area contributed by atoms with Gasteiger partial charge in [0.25, 0.3) is 5.91 Å². The van der Waals surface area contributed by atoms with Gasteiger partial charge in [0.1, 0.15) is 11.4 Å². The van der Waals surface area contributed by atoms with Crippen molar-refractivity contribution in [2.75, 3.05) is 19.8 Å². The second kappa shape index (κ2) is 5.89. The van der Waals surface area contributed by atoms with Gasteiger partial charge in [0.05, 0.1) is 25.4 Å². The molecule has 5 heteroatoms. The number of carbonyl (C=O) groups excluding carboxylic acids is 1. The Morgan fingerprint density at radius 3 is 3.17 bits per heavy atom. The molecule has 2 heterocycles. The molecule has 0 spiro atoms. The number of nitrogens with zero attached hydrogens (tertiary/aromatic N) is 1. The predicted octanol–water partition coefficient (Wildman–Crippen LogP) is 2.96. The van der Waals surface area contributed by atoms with Crippen molar-refractivity contribution in [3.8, 4) is 5.75 Å². The number of hydrogen-bond acceptors (Lipinski definition) is 3. The van der Waals surface area contributed by atoms with E-state index < -0.39 is 0 Å². The lowest BCUT2D eigenvalue weighted by Gasteiger charge is -2.37. The van der Waals surface area contributed by atoms with Gasteiger partial charge in [-0.25, -0.2) is 0 Å². The van der Waals surface area contributed by atoms with E-state index in [-0.39, 0.29) is 18.1 Å². The first kappa shape index (κ1) is 14.6. The summed E-state index contributed by atoms with van der Waals surface area (Å²) in [5, 5.41) is 1.04. The van der Waals surface area contributed by atoms with Gasteiger partial charge in [0, 0.05) is 23.5 Å². The number of fused-ring (bicyclic) bond motifs is 2. The number of aromatic nitrogens is 1. The summed E-state index contributed by atoms with van der Waals surface area (Å²) in [6.07, 6.45) is 3.48. The van der Waals surface area contributed by atoms with E-state index in [9.17, 15) is 4.79 Å². The second-order valence-corrected chi connectivity index (χ2v) is 6.27. The molecule has 23 heavy (non-hydrogen) atoms. The van der Waals surface area contributed by atoms with Crippen LogP contribution in [0, 0.1) is 0 Å². The Morgan fingerprint density at radius 1 is 1.39 bits per heavy atom. The summed E-state index contributed by atoms with van der Waals surface area (Å²) in [7, 11) is 0. The molecule has 1 N–H and O–H groups in total. The summed E-state index contributed by atoms with van der Waals surface area (Å²) < 4.78 is 11.3. The molecule has 1 amide bonds. The molecule has 0 bridgehead atoms. The number of morpholine rings is 1. The molecule has 1 aromatic heterocycles. The van der Waals surface area contributed by atoms with Crippen LogP contribution in [0.1, 0.15) is 36.7 Å². The van der Waals surface area contributed by atoms with Gasteiger partial charge in [-0.2, -0.15) is 0 Å². The Morgan fingerprint density at radius 2 is 2.30 bits per heavy atom. The number of carbonyl (C=O) groups is 1. The van der Waals surface area contributed by atoms with Crippen LogP contribution in [0.4, 0.5) is 0 Å². The second-order valence-electron chi connectivity index (χ2n) is 6.27. The lowest BCUT2D eigenvalue weighted by molar-refractivity contribution is -0.0446. The molecule has 0 radical (unpaired) electrons. The normalized spacial score (nSPS) is 24.0. The third kappa shape index (κ3) is 2.59. The molecule has 5 nitrogen and oxygen atoms in total. The molecular weight excluding hydrogens is 292 g/mol. The Labute approximate surface area is 135 Å². The zero-order chi connectivity index (χ0) is 15.8. The van der Waals surface area contributed by atoms with Gasteiger partial charge in [-0.05, 0) is 44.4 Å². The maximum atomic E-state index is 12.9. The van der Waals surface area contributed by atoms with Crippen LogP contribution in [-0.4, -0.2) is 47.7 Å². The van der Waals surface area contributed by atoms with Crippen molar-refractivity contribution in [3.63, 3.8) is 0 Å². The summed E-state index contributed by atoms with van der Waals surface area (Å²) in [4.78, 5) is 18.2. The molecule has 4 rings (SSSR count). The van der Waals surface area contributed by atoms with E-state index in [4.69, 9.17) is 9.47 Å². The summed E-state index contributed by atoms with van der Waals surface area (Å²) in [5.41, 5.74) is 1.59. The molecule has 1 aliphatic carbocycles. The van der Waals surface area contributed by atoms with Crippen LogP contribution in [0.3, 0.4) is 0 Å². The number of ether oxygens (including phenoxy) is 2. The topological polar surface area (TPSA) is 54.6 Å². The van der Waals surface area contributed by atoms with E-state index >= 15 is 0 Å². The summed E-state index contributed by atoms with van der Waals surface area (Å²) >= 11 is 0. The largest absolute Gasteiger partial charge is 0.494 e. The van der Waals surface area contributed by atoms with Gasteiger partial charge in [0.15, 0.2) is 0 Å². The Hall–Kier alpha value is -2.01. The summed E-state index contributed by atoms with van der Waals surface area (Å²) in [6.45, 7) is 3.92. The first-order valence-corrected chi connectivity index (χ1v) is 8.44. The van der Waals surface area contributed by atoms with E-state index in [0.29, 0.717) is 25.5 Å². The standard InChI is InChI=1S/C18H22N2O3/c1-2-22-13-7-6-12-10-15(19-14(12)11-13)18(21)20-8-9-23-17-5-3-4-16(17)20/h6-7,10-11,16-17,19H,2-5,8-9H2,1H3/t16-,17+/m1/s1. The molecule has 2 aromatic rings. The van der Waals surface area contributed by atoms with Crippen molar-refractivity contribution in [2.24, 2.45) is 0 Å². The van der Waals surface area contributed by atoms with Crippen molar-refractivity contribution < 1.29 is 14.3 Å². The highest BCUT2D eigenvalue weighted by Gasteiger charge is 2.38. The first-order chi connectivity index (χ1) is 11.3. The molecule has 2 fully saturated rings. The quantitative estimate of drug-likeness (QED) is 0.947. The van der Waals surface area contributed by atoms with Crippen LogP contribution in [-0.2, 0) is 4.74 Å². The zero-order valence-electron chi connectivity index (χ0n) is 13.4. The molecule has 1 aromatic carbocycles. The summed E-state index contributed by atoms with van der Waals surface area (Å²) in [6, 6.07) is 8.06. The predicted molar refractivity (Wildman–Crippen MR) is 87.9 cm³/mol. The van der Waals surface area contributed by atoms with Crippen LogP contribution in [0.2, 0.25) is 0 Å². The third-order valence-corrected chi connectivity index (χ3v) is 4.88. The maximum Gasteiger partial charge on any atom is 0.270 e. The molecule has 2 atom stereocenters. The number of benzene rings is 1. The number of hydrogen-bond donors (Lipinski definition) is 1. The van der Waals surface area contributed by atoms with Crippen molar-refractivity contribution in [3.05, 3.63) is 30.0 Å². The maximum absolute atomic E-state index is 12.9. The van der Waals surface area contributed by atoms with Crippen LogP contribution < -0.4 is 4.74 Å². The van der Waals surface area contributed by atoms with Crippen LogP contribution in [0.25, 0.3) is 10.9 Å². The van der Waals surface area contributed by atoms with E-state index in [1.807, 2.05) is 36.1 Å². The average molecular weight is 314 g/mol. The van der Waals surface area contributed by atoms with Crippen LogP contribution in [0.5, 0.6) is 5.75 Å². The minimum Gasteiger partial charge on any atom is -0.494 e. The fraction of sp³-hybridized carbons (Fsp3) is 0.500. The minimum atomic E-state index is 0.0827. The summed E-state index contributed by atoms with van der Waals surface area (Å²) in [5.74, 6) is 0.905. The van der Waals surface area contributed by atoms with Gasteiger partial charge in [-0.3, -0.25) is 4.79 Å². The first-order valence-electron chi connectivity index (χ1n) is 8.44. The van der Waals surface area contributed by atoms with Crippen LogP contribution in [0.15, 0.2) is 24.3 Å². The highest BCUT2D eigenvalue weighted by atomic mass is 16.5. The highest BCUT2D eigenvalue weighted by Crippen LogP contribution is 2.31. The lowest BCUT2D eigenvalue weighted by Crippen LogP contribution is -2.51. The van der Waals surface area contributed by atoms with Gasteiger partial charge < -0.3 is 19.4 Å². The average Bonchev–Trinajstić information content (AvgIpc) is 3.20. The van der Waals surface area contributed by atoms with Gasteiger partial charge in [0.2, 0.25) is 0 Å². The fourth-order valence-electron chi connectivity index (χ4n) is 3.81. The minimum absolute atomic E-state index is 0.0827. The number of rotatable bonds is 3. The SMILES string of the molecule is CCOc1ccc2cc(C(=O)N3CCO[C@H]4CCC[C@H]43)[nH]c2c1. The number of H-pyrrole nitrogens is 1. The monoisotopic (exact) mass is 314 g/mol. The molecular formula is C18H22N2O3. The van der Waals surface area contributed by atoms with E-state index in [1.54, 1.807) is 0 Å². The Kier molecular flexibility index (Phi) is 3.73. The van der Waals surface area contributed by atoms with Gasteiger partial charge in [-0.15, -0.1) is 0 Å². The van der Waals surface area contributed by atoms with Crippen molar-refractivity contribution in [1.29, 1.82) is 0 Å². The lowest BCUT2D eigenvalue weighted by atomic mass is 10.1. The number of aromatic amines is 1. The molecule has 1 saturated carbocycles. The third-order valence-electron chi connectivity index (χ3n) is 4.88. The van der Waals surface area contributed by atoms with Gasteiger partial charge in [-0.1, -0.05) is 0 Å². The molecule has 1 saturated heterocycles. The zero-order valence-corrected chi connectivity index (χ0v) is 13.4. The number of nitrogens with one attached hydrogen (secondary N) is 1. The smallest absolute Gasteiger partial charge is 0.270 e. The van der Waals surface area contributed by atoms with E-state index in [0.717, 1.165) is 35.9 Å². The Bertz CT molecular complexity index is 724.